The average molecular weight is 463 g/mol. The van der Waals surface area contributed by atoms with E-state index in [9.17, 15) is 14.4 Å². The van der Waals surface area contributed by atoms with Crippen LogP contribution >= 0.6 is 23.5 Å². The summed E-state index contributed by atoms with van der Waals surface area (Å²) in [5.74, 6) is 2.09. The minimum atomic E-state index is -0.359. The van der Waals surface area contributed by atoms with Crippen molar-refractivity contribution in [3.63, 3.8) is 0 Å². The van der Waals surface area contributed by atoms with E-state index < -0.39 is 0 Å². The molecule has 4 rings (SSSR count). The van der Waals surface area contributed by atoms with Gasteiger partial charge in [-0.15, -0.1) is 23.5 Å². The second kappa shape index (κ2) is 9.03. The molecule has 9 heteroatoms. The molecule has 1 N–H and O–H groups in total. The van der Waals surface area contributed by atoms with Crippen molar-refractivity contribution in [2.45, 2.75) is 31.7 Å². The maximum absolute atomic E-state index is 13.2. The quantitative estimate of drug-likeness (QED) is 0.736. The number of carbonyl (C=O) groups is 3. The van der Waals surface area contributed by atoms with Gasteiger partial charge in [0, 0.05) is 43.4 Å². The topological polar surface area (TPSA) is 73.0 Å². The number of fused-ring (bicyclic) bond motifs is 1. The van der Waals surface area contributed by atoms with Gasteiger partial charge in [0.15, 0.2) is 0 Å². The third-order valence-corrected chi connectivity index (χ3v) is 9.16. The van der Waals surface area contributed by atoms with Crippen molar-refractivity contribution in [1.29, 1.82) is 0 Å². The minimum Gasteiger partial charge on any atom is -0.338 e. The van der Waals surface area contributed by atoms with Crippen LogP contribution in [-0.4, -0.2) is 93.3 Å². The van der Waals surface area contributed by atoms with Crippen LogP contribution in [0.25, 0.3) is 0 Å². The van der Waals surface area contributed by atoms with Crippen molar-refractivity contribution in [2.75, 3.05) is 55.3 Å². The van der Waals surface area contributed by atoms with Gasteiger partial charge in [0.2, 0.25) is 17.7 Å². The number of amides is 3. The van der Waals surface area contributed by atoms with Crippen LogP contribution < -0.4 is 5.32 Å². The van der Waals surface area contributed by atoms with E-state index in [1.165, 1.54) is 0 Å². The average Bonchev–Trinajstić information content (AvgIpc) is 3.09. The SMILES string of the molecule is Cc1cccc(C)c1NC(=O)CN1CCN(C(=O)C2CSC3(C)CSCC(=O)N23)CC1. The first-order valence-corrected chi connectivity index (χ1v) is 12.8. The number of piperazine rings is 1. The fourth-order valence-electron chi connectivity index (χ4n) is 4.59. The van der Waals surface area contributed by atoms with Gasteiger partial charge in [0.05, 0.1) is 17.2 Å². The van der Waals surface area contributed by atoms with Gasteiger partial charge in [0.1, 0.15) is 6.04 Å². The Balaban J connectivity index is 1.30. The van der Waals surface area contributed by atoms with Crippen molar-refractivity contribution in [3.8, 4) is 0 Å². The molecule has 0 bridgehead atoms. The van der Waals surface area contributed by atoms with Crippen LogP contribution in [-0.2, 0) is 14.4 Å². The van der Waals surface area contributed by atoms with Gasteiger partial charge in [-0.25, -0.2) is 0 Å². The summed E-state index contributed by atoms with van der Waals surface area (Å²) < 4.78 is 0. The molecular weight excluding hydrogens is 432 g/mol. The minimum absolute atomic E-state index is 0.0310. The van der Waals surface area contributed by atoms with Gasteiger partial charge in [-0.05, 0) is 31.9 Å². The molecule has 168 valence electrons. The first kappa shape index (κ1) is 22.5. The summed E-state index contributed by atoms with van der Waals surface area (Å²) >= 11 is 3.37. The second-order valence-electron chi connectivity index (χ2n) is 8.67. The highest BCUT2D eigenvalue weighted by atomic mass is 32.2. The molecule has 1 aromatic carbocycles. The summed E-state index contributed by atoms with van der Waals surface area (Å²) in [6.45, 7) is 8.86. The molecule has 3 heterocycles. The first-order chi connectivity index (χ1) is 14.8. The summed E-state index contributed by atoms with van der Waals surface area (Å²) in [4.78, 5) is 43.8. The smallest absolute Gasteiger partial charge is 0.246 e. The third kappa shape index (κ3) is 4.59. The fraction of sp³-hybridized carbons (Fsp3) is 0.591. The zero-order valence-corrected chi connectivity index (χ0v) is 20.0. The molecule has 0 aromatic heterocycles. The van der Waals surface area contributed by atoms with Crippen LogP contribution in [0.2, 0.25) is 0 Å². The Labute approximate surface area is 192 Å². The Morgan fingerprint density at radius 1 is 1.16 bits per heavy atom. The van der Waals surface area contributed by atoms with Crippen LogP contribution in [0.4, 0.5) is 5.69 Å². The summed E-state index contributed by atoms with van der Waals surface area (Å²) in [5, 5.41) is 3.03. The number of para-hydroxylation sites is 1. The van der Waals surface area contributed by atoms with Gasteiger partial charge < -0.3 is 15.1 Å². The van der Waals surface area contributed by atoms with Crippen molar-refractivity contribution >= 4 is 46.9 Å². The van der Waals surface area contributed by atoms with Crippen molar-refractivity contribution in [1.82, 2.24) is 14.7 Å². The Morgan fingerprint density at radius 3 is 2.52 bits per heavy atom. The molecule has 0 radical (unpaired) electrons. The zero-order valence-electron chi connectivity index (χ0n) is 18.3. The number of hydrogen-bond acceptors (Lipinski definition) is 6. The fourth-order valence-corrected chi connectivity index (χ4v) is 7.28. The van der Waals surface area contributed by atoms with Gasteiger partial charge in [-0.2, -0.15) is 0 Å². The number of aryl methyl sites for hydroxylation is 2. The van der Waals surface area contributed by atoms with E-state index in [0.717, 1.165) is 22.6 Å². The maximum atomic E-state index is 13.2. The van der Waals surface area contributed by atoms with Crippen molar-refractivity contribution < 1.29 is 14.4 Å². The molecule has 1 aromatic rings. The van der Waals surface area contributed by atoms with Gasteiger partial charge >= 0.3 is 0 Å². The molecule has 0 saturated carbocycles. The predicted molar refractivity (Wildman–Crippen MR) is 126 cm³/mol. The highest BCUT2D eigenvalue weighted by Gasteiger charge is 2.52. The van der Waals surface area contributed by atoms with E-state index in [2.05, 4.69) is 17.1 Å². The molecule has 31 heavy (non-hydrogen) atoms. The summed E-state index contributed by atoms with van der Waals surface area (Å²) in [6.07, 6.45) is 0. The lowest BCUT2D eigenvalue weighted by molar-refractivity contribution is -0.146. The Bertz CT molecular complexity index is 867. The number of thioether (sulfide) groups is 2. The molecular formula is C22H30N4O3S2. The molecule has 3 saturated heterocycles. The van der Waals surface area contributed by atoms with E-state index in [0.29, 0.717) is 44.2 Å². The maximum Gasteiger partial charge on any atom is 0.246 e. The molecule has 3 fully saturated rings. The van der Waals surface area contributed by atoms with Crippen molar-refractivity contribution in [2.24, 2.45) is 0 Å². The Kier molecular flexibility index (Phi) is 6.55. The highest BCUT2D eigenvalue weighted by Crippen LogP contribution is 2.44. The number of nitrogens with one attached hydrogen (secondary N) is 1. The monoisotopic (exact) mass is 462 g/mol. The number of rotatable bonds is 4. The normalized spacial score (nSPS) is 26.7. The van der Waals surface area contributed by atoms with E-state index >= 15 is 0 Å². The van der Waals surface area contributed by atoms with Crippen LogP contribution in [0.15, 0.2) is 18.2 Å². The number of carbonyl (C=O) groups excluding carboxylic acids is 3. The highest BCUT2D eigenvalue weighted by molar-refractivity contribution is 8.04. The van der Waals surface area contributed by atoms with Crippen molar-refractivity contribution in [3.05, 3.63) is 29.3 Å². The molecule has 7 nitrogen and oxygen atoms in total. The largest absolute Gasteiger partial charge is 0.338 e. The Hall–Kier alpha value is -1.71. The third-order valence-electron chi connectivity index (χ3n) is 6.32. The van der Waals surface area contributed by atoms with Gasteiger partial charge in [0.25, 0.3) is 0 Å². The number of benzene rings is 1. The molecule has 3 aliphatic heterocycles. The van der Waals surface area contributed by atoms with Gasteiger partial charge in [-0.3, -0.25) is 19.3 Å². The molecule has 3 amide bonds. The second-order valence-corrected chi connectivity index (χ2v) is 11.2. The Morgan fingerprint density at radius 2 is 1.84 bits per heavy atom. The molecule has 0 spiro atoms. The molecule has 0 aliphatic carbocycles. The van der Waals surface area contributed by atoms with Crippen LogP contribution in [0, 0.1) is 13.8 Å². The van der Waals surface area contributed by atoms with E-state index in [4.69, 9.17) is 0 Å². The zero-order chi connectivity index (χ0) is 22.2. The van der Waals surface area contributed by atoms with E-state index in [1.807, 2.05) is 41.8 Å². The van der Waals surface area contributed by atoms with Crippen LogP contribution in [0.1, 0.15) is 18.1 Å². The molecule has 2 unspecified atom stereocenters. The first-order valence-electron chi connectivity index (χ1n) is 10.7. The molecule has 2 atom stereocenters. The summed E-state index contributed by atoms with van der Waals surface area (Å²) in [7, 11) is 0. The summed E-state index contributed by atoms with van der Waals surface area (Å²) in [5.41, 5.74) is 2.99. The summed E-state index contributed by atoms with van der Waals surface area (Å²) in [6, 6.07) is 5.61. The lowest BCUT2D eigenvalue weighted by Crippen LogP contribution is -2.60. The number of anilines is 1. The number of nitrogens with zero attached hydrogens (tertiary/aromatic N) is 3. The molecule has 3 aliphatic rings. The van der Waals surface area contributed by atoms with E-state index in [-0.39, 0.29) is 28.6 Å². The van der Waals surface area contributed by atoms with Crippen LogP contribution in [0.5, 0.6) is 0 Å². The van der Waals surface area contributed by atoms with Gasteiger partial charge in [-0.1, -0.05) is 18.2 Å². The lowest BCUT2D eigenvalue weighted by atomic mass is 10.1. The van der Waals surface area contributed by atoms with Crippen LogP contribution in [0.3, 0.4) is 0 Å². The lowest BCUT2D eigenvalue weighted by Gasteiger charge is -2.42. The standard InChI is InChI=1S/C22H30N4O3S2/c1-15-5-4-6-16(2)20(15)23-18(27)11-24-7-9-25(10-8-24)21(29)17-12-31-22(3)14-30-13-19(28)26(17)22/h4-6,17H,7-14H2,1-3H3,(H,23,27). The predicted octanol–water partition coefficient (Wildman–Crippen LogP) is 1.79. The number of hydrogen-bond donors (Lipinski definition) is 1. The van der Waals surface area contributed by atoms with E-state index in [1.54, 1.807) is 23.5 Å².